The first-order valence-electron chi connectivity index (χ1n) is 7.20. The molecule has 0 radical (unpaired) electrons. The summed E-state index contributed by atoms with van der Waals surface area (Å²) in [6.45, 7) is 5.06. The van der Waals surface area contributed by atoms with Crippen molar-refractivity contribution in [2.45, 2.75) is 57.6 Å². The number of ether oxygens (including phenoxy) is 1. The predicted octanol–water partition coefficient (Wildman–Crippen LogP) is 3.27. The van der Waals surface area contributed by atoms with Gasteiger partial charge in [-0.15, -0.1) is 0 Å². The van der Waals surface area contributed by atoms with Crippen LogP contribution in [-0.4, -0.2) is 25.5 Å². The molecule has 2 atom stereocenters. The van der Waals surface area contributed by atoms with E-state index in [9.17, 15) is 26.4 Å². The third-order valence-electron chi connectivity index (χ3n) is 3.88. The Hall–Kier alpha value is -1.25. The maximum atomic E-state index is 12.4. The smallest absolute Gasteiger partial charge is 0.459 e. The first-order chi connectivity index (χ1) is 10.2. The van der Waals surface area contributed by atoms with E-state index in [0.717, 1.165) is 0 Å². The molecular weight excluding hydrogens is 337 g/mol. The zero-order chi connectivity index (χ0) is 17.7. The minimum Gasteiger partial charge on any atom is -0.459 e. The van der Waals surface area contributed by atoms with Crippen molar-refractivity contribution in [3.05, 3.63) is 11.8 Å². The molecule has 2 rings (SSSR count). The molecule has 9 heteroatoms. The second kappa shape index (κ2) is 5.39. The van der Waals surface area contributed by atoms with Crippen LogP contribution in [-0.2, 0) is 23.8 Å². The van der Waals surface area contributed by atoms with Crippen molar-refractivity contribution >= 4 is 16.1 Å². The third-order valence-corrected chi connectivity index (χ3v) is 4.88. The second-order valence-corrected chi connectivity index (χ2v) is 8.60. The van der Waals surface area contributed by atoms with Gasteiger partial charge in [0.05, 0.1) is 5.41 Å². The van der Waals surface area contributed by atoms with Crippen LogP contribution in [0.25, 0.3) is 0 Å². The Morgan fingerprint density at radius 3 is 2.43 bits per heavy atom. The van der Waals surface area contributed by atoms with Crippen molar-refractivity contribution in [2.24, 2.45) is 11.3 Å². The highest BCUT2D eigenvalue weighted by Gasteiger charge is 2.53. The third kappa shape index (κ3) is 3.81. The van der Waals surface area contributed by atoms with Crippen LogP contribution >= 0.6 is 0 Å². The maximum absolute atomic E-state index is 12.4. The number of rotatable bonds is 3. The Balaban J connectivity index is 2.27. The Kier molecular flexibility index (Phi) is 4.24. The average molecular weight is 356 g/mol. The van der Waals surface area contributed by atoms with Crippen LogP contribution in [0.4, 0.5) is 13.2 Å². The molecule has 2 aliphatic carbocycles. The fraction of sp³-hybridized carbons (Fsp3) is 0.786. The number of carbonyl (C=O) groups is 1. The fourth-order valence-corrected chi connectivity index (χ4v) is 3.50. The van der Waals surface area contributed by atoms with E-state index in [2.05, 4.69) is 4.18 Å². The van der Waals surface area contributed by atoms with Gasteiger partial charge in [0.15, 0.2) is 0 Å². The molecule has 5 nitrogen and oxygen atoms in total. The van der Waals surface area contributed by atoms with Crippen LogP contribution in [0.1, 0.15) is 46.5 Å². The number of hydrogen-bond donors (Lipinski definition) is 0. The molecule has 132 valence electrons. The van der Waals surface area contributed by atoms with Gasteiger partial charge in [-0.05, 0) is 52.0 Å². The lowest BCUT2D eigenvalue weighted by atomic mass is 9.80. The molecule has 0 aliphatic heterocycles. The van der Waals surface area contributed by atoms with E-state index in [1.165, 1.54) is 6.08 Å². The molecule has 0 amide bonds. The van der Waals surface area contributed by atoms with Crippen molar-refractivity contribution in [2.75, 3.05) is 0 Å². The van der Waals surface area contributed by atoms with Crippen LogP contribution < -0.4 is 0 Å². The van der Waals surface area contributed by atoms with Crippen LogP contribution in [0.3, 0.4) is 0 Å². The van der Waals surface area contributed by atoms with Crippen molar-refractivity contribution in [3.63, 3.8) is 0 Å². The number of esters is 1. The van der Waals surface area contributed by atoms with Gasteiger partial charge in [-0.1, -0.05) is 0 Å². The van der Waals surface area contributed by atoms with E-state index in [1.807, 2.05) is 0 Å². The molecule has 23 heavy (non-hydrogen) atoms. The van der Waals surface area contributed by atoms with E-state index in [1.54, 1.807) is 20.8 Å². The molecule has 0 aromatic rings. The summed E-state index contributed by atoms with van der Waals surface area (Å²) in [5.74, 6) is -0.981. The molecular formula is C14H19F3O5S. The molecule has 0 saturated heterocycles. The van der Waals surface area contributed by atoms with Gasteiger partial charge in [0.1, 0.15) is 11.4 Å². The molecule has 2 aliphatic rings. The second-order valence-electron chi connectivity index (χ2n) is 7.06. The van der Waals surface area contributed by atoms with Gasteiger partial charge < -0.3 is 8.92 Å². The lowest BCUT2D eigenvalue weighted by Gasteiger charge is -2.32. The summed E-state index contributed by atoms with van der Waals surface area (Å²) in [6, 6.07) is 0. The van der Waals surface area contributed by atoms with E-state index < -0.39 is 32.6 Å². The number of carbonyl (C=O) groups excluding carboxylic acids is 1. The zero-order valence-electron chi connectivity index (χ0n) is 13.1. The van der Waals surface area contributed by atoms with Crippen LogP contribution in [0, 0.1) is 11.3 Å². The van der Waals surface area contributed by atoms with Gasteiger partial charge in [0.2, 0.25) is 0 Å². The summed E-state index contributed by atoms with van der Waals surface area (Å²) in [7, 11) is -5.72. The van der Waals surface area contributed by atoms with Gasteiger partial charge in [-0.2, -0.15) is 21.6 Å². The predicted molar refractivity (Wildman–Crippen MR) is 74.4 cm³/mol. The molecule has 2 unspecified atom stereocenters. The first-order valence-corrected chi connectivity index (χ1v) is 8.61. The van der Waals surface area contributed by atoms with Crippen LogP contribution in [0.15, 0.2) is 11.8 Å². The zero-order valence-corrected chi connectivity index (χ0v) is 13.9. The highest BCUT2D eigenvalue weighted by atomic mass is 32.2. The van der Waals surface area contributed by atoms with Gasteiger partial charge in [-0.3, -0.25) is 4.79 Å². The quantitative estimate of drug-likeness (QED) is 0.441. The van der Waals surface area contributed by atoms with Crippen LogP contribution in [0.2, 0.25) is 0 Å². The SMILES string of the molecule is CC(C)(C)OC(=O)C12C=C(OS(=O)(=O)C(F)(F)F)CC(CC1)C2. The summed E-state index contributed by atoms with van der Waals surface area (Å²) in [4.78, 5) is 12.4. The molecule has 2 bridgehead atoms. The Labute approximate surface area is 133 Å². The number of fused-ring (bicyclic) bond motifs is 2. The Morgan fingerprint density at radius 2 is 1.91 bits per heavy atom. The Bertz CT molecular complexity index is 630. The molecule has 0 aromatic carbocycles. The van der Waals surface area contributed by atoms with E-state index in [-0.39, 0.29) is 18.1 Å². The summed E-state index contributed by atoms with van der Waals surface area (Å²) >= 11 is 0. The number of alkyl halides is 3. The lowest BCUT2D eigenvalue weighted by molar-refractivity contribution is -0.164. The molecule has 0 aromatic heterocycles. The highest BCUT2D eigenvalue weighted by Crippen LogP contribution is 2.51. The highest BCUT2D eigenvalue weighted by molar-refractivity contribution is 7.87. The molecule has 0 N–H and O–H groups in total. The van der Waals surface area contributed by atoms with Gasteiger partial charge in [0, 0.05) is 6.42 Å². The number of hydrogen-bond acceptors (Lipinski definition) is 5. The topological polar surface area (TPSA) is 69.7 Å². The molecule has 1 fully saturated rings. The number of allylic oxidation sites excluding steroid dienone is 1. The van der Waals surface area contributed by atoms with Gasteiger partial charge in [-0.25, -0.2) is 0 Å². The first kappa shape index (κ1) is 18.1. The summed E-state index contributed by atoms with van der Waals surface area (Å²) in [6.07, 6.45) is 2.72. The standard InChI is InChI=1S/C14H19F3O5S/c1-12(2,3)21-11(18)13-5-4-9(7-13)6-10(8-13)22-23(19,20)14(15,16)17/h8-9H,4-7H2,1-3H3. The van der Waals surface area contributed by atoms with E-state index >= 15 is 0 Å². The van der Waals surface area contributed by atoms with Crippen molar-refractivity contribution < 1.29 is 35.3 Å². The normalized spacial score (nSPS) is 28.3. The van der Waals surface area contributed by atoms with Crippen molar-refractivity contribution in [3.8, 4) is 0 Å². The Morgan fingerprint density at radius 1 is 1.30 bits per heavy atom. The van der Waals surface area contributed by atoms with E-state index in [0.29, 0.717) is 19.3 Å². The lowest BCUT2D eigenvalue weighted by Crippen LogP contribution is -2.37. The maximum Gasteiger partial charge on any atom is 0.534 e. The van der Waals surface area contributed by atoms with Gasteiger partial charge >= 0.3 is 21.6 Å². The largest absolute Gasteiger partial charge is 0.534 e. The van der Waals surface area contributed by atoms with Crippen molar-refractivity contribution in [1.29, 1.82) is 0 Å². The minimum atomic E-state index is -5.72. The van der Waals surface area contributed by atoms with Crippen molar-refractivity contribution in [1.82, 2.24) is 0 Å². The average Bonchev–Trinajstić information content (AvgIpc) is 2.62. The minimum absolute atomic E-state index is 0.0693. The summed E-state index contributed by atoms with van der Waals surface area (Å²) in [5, 5.41) is 0. The summed E-state index contributed by atoms with van der Waals surface area (Å²) < 4.78 is 69.2. The van der Waals surface area contributed by atoms with Gasteiger partial charge in [0.25, 0.3) is 0 Å². The molecule has 0 heterocycles. The molecule has 0 spiro atoms. The van der Waals surface area contributed by atoms with Crippen LogP contribution in [0.5, 0.6) is 0 Å². The monoisotopic (exact) mass is 356 g/mol. The van der Waals surface area contributed by atoms with E-state index in [4.69, 9.17) is 4.74 Å². The molecule has 1 saturated carbocycles. The summed E-state index contributed by atoms with van der Waals surface area (Å²) in [5.41, 5.74) is -7.34. The number of halogens is 3. The fourth-order valence-electron chi connectivity index (χ4n) is 3.01.